The zero-order chi connectivity index (χ0) is 23.5. The topological polar surface area (TPSA) is 63.6 Å². The number of carbonyl (C=O) groups is 2. The number of hydrogen-bond donors (Lipinski definition) is 1. The van der Waals surface area contributed by atoms with Crippen LogP contribution in [-0.2, 0) is 21.4 Å². The van der Waals surface area contributed by atoms with E-state index >= 15 is 0 Å². The third-order valence-corrected chi connectivity index (χ3v) is 6.81. The van der Waals surface area contributed by atoms with E-state index in [0.29, 0.717) is 25.3 Å². The second-order valence-corrected chi connectivity index (χ2v) is 9.25. The van der Waals surface area contributed by atoms with Gasteiger partial charge in [-0.3, -0.25) is 14.5 Å². The van der Waals surface area contributed by atoms with Crippen molar-refractivity contribution in [2.45, 2.75) is 37.4 Å². The third-order valence-electron chi connectivity index (χ3n) is 5.65. The molecular weight excluding hydrogens is 441 g/mol. The highest BCUT2D eigenvalue weighted by Crippen LogP contribution is 2.43. The number of aromatic nitrogens is 1. The van der Waals surface area contributed by atoms with Gasteiger partial charge in [0.05, 0.1) is 16.9 Å². The number of ether oxygens (including phenoxy) is 1. The van der Waals surface area contributed by atoms with E-state index in [1.54, 1.807) is 12.1 Å². The summed E-state index contributed by atoms with van der Waals surface area (Å²) in [5.41, 5.74) is 2.28. The van der Waals surface area contributed by atoms with Crippen LogP contribution in [0.25, 0.3) is 10.9 Å². The Morgan fingerprint density at radius 2 is 1.94 bits per heavy atom. The number of halogens is 1. The van der Waals surface area contributed by atoms with Gasteiger partial charge in [0.2, 0.25) is 11.8 Å². The maximum Gasteiger partial charge on any atom is 0.247 e. The molecule has 0 saturated heterocycles. The van der Waals surface area contributed by atoms with Crippen LogP contribution in [0.5, 0.6) is 0 Å². The summed E-state index contributed by atoms with van der Waals surface area (Å²) in [7, 11) is 1.95. The van der Waals surface area contributed by atoms with Gasteiger partial charge >= 0.3 is 0 Å². The first-order valence-electron chi connectivity index (χ1n) is 11.1. The number of anilines is 1. The molecule has 8 heteroatoms. The molecule has 0 saturated carbocycles. The van der Waals surface area contributed by atoms with E-state index in [1.165, 1.54) is 28.8 Å². The smallest absolute Gasteiger partial charge is 0.247 e. The van der Waals surface area contributed by atoms with Crippen LogP contribution in [-0.4, -0.2) is 41.4 Å². The Morgan fingerprint density at radius 3 is 2.67 bits per heavy atom. The second-order valence-electron chi connectivity index (χ2n) is 8.29. The van der Waals surface area contributed by atoms with Gasteiger partial charge in [0.15, 0.2) is 0 Å². The molecule has 2 heterocycles. The van der Waals surface area contributed by atoms with Gasteiger partial charge in [0, 0.05) is 42.4 Å². The van der Waals surface area contributed by atoms with Crippen molar-refractivity contribution in [2.24, 2.45) is 7.05 Å². The number of fused-ring (bicyclic) bond motifs is 3. The van der Waals surface area contributed by atoms with E-state index in [9.17, 15) is 14.0 Å². The predicted molar refractivity (Wildman–Crippen MR) is 129 cm³/mol. The van der Waals surface area contributed by atoms with Crippen molar-refractivity contribution in [2.75, 3.05) is 23.8 Å². The number of carbonyl (C=O) groups excluding carboxylic acids is 2. The normalized spacial score (nSPS) is 16.2. The summed E-state index contributed by atoms with van der Waals surface area (Å²) in [6.07, 6.45) is 0.794. The Kier molecular flexibility index (Phi) is 7.05. The maximum absolute atomic E-state index is 13.6. The summed E-state index contributed by atoms with van der Waals surface area (Å²) in [6.45, 7) is 4.91. The standard InChI is InChI=1S/C25H28FN3O3S/c1-16(2)32-14-6-13-27-24(31)23-22-19-7-4-5-8-20(19)28(3)25(22)33-15-21(30)29(23)18-11-9-17(26)10-12-18/h4-5,7-12,16,23H,6,13-15H2,1-3H3,(H,27,31)/t23-/m1/s1. The van der Waals surface area contributed by atoms with Crippen LogP contribution in [0.2, 0.25) is 0 Å². The summed E-state index contributed by atoms with van der Waals surface area (Å²) in [4.78, 5) is 28.4. The molecule has 6 nitrogen and oxygen atoms in total. The van der Waals surface area contributed by atoms with Gasteiger partial charge in [0.1, 0.15) is 11.9 Å². The lowest BCUT2D eigenvalue weighted by Crippen LogP contribution is -2.44. The molecule has 0 unspecified atom stereocenters. The Hall–Kier alpha value is -2.84. The largest absolute Gasteiger partial charge is 0.379 e. The average molecular weight is 470 g/mol. The molecule has 33 heavy (non-hydrogen) atoms. The zero-order valence-corrected chi connectivity index (χ0v) is 19.8. The monoisotopic (exact) mass is 469 g/mol. The minimum Gasteiger partial charge on any atom is -0.379 e. The van der Waals surface area contributed by atoms with Crippen molar-refractivity contribution in [3.8, 4) is 0 Å². The predicted octanol–water partition coefficient (Wildman–Crippen LogP) is 4.43. The van der Waals surface area contributed by atoms with Gasteiger partial charge in [-0.1, -0.05) is 30.0 Å². The van der Waals surface area contributed by atoms with Crippen molar-refractivity contribution in [1.29, 1.82) is 0 Å². The van der Waals surface area contributed by atoms with Gasteiger partial charge in [0.25, 0.3) is 0 Å². The molecule has 0 fully saturated rings. The number of amides is 2. The fraction of sp³-hybridized carbons (Fsp3) is 0.360. The van der Waals surface area contributed by atoms with Gasteiger partial charge in [-0.2, -0.15) is 0 Å². The van der Waals surface area contributed by atoms with Gasteiger partial charge in [-0.15, -0.1) is 0 Å². The summed E-state index contributed by atoms with van der Waals surface area (Å²) < 4.78 is 21.2. The van der Waals surface area contributed by atoms with Crippen LogP contribution >= 0.6 is 11.8 Å². The second kappa shape index (κ2) is 9.97. The van der Waals surface area contributed by atoms with E-state index in [4.69, 9.17) is 4.74 Å². The summed E-state index contributed by atoms with van der Waals surface area (Å²) >= 11 is 1.43. The van der Waals surface area contributed by atoms with Crippen molar-refractivity contribution in [3.05, 3.63) is 59.9 Å². The van der Waals surface area contributed by atoms with Gasteiger partial charge < -0.3 is 14.6 Å². The molecule has 0 radical (unpaired) electrons. The molecular formula is C25H28FN3O3S. The fourth-order valence-electron chi connectivity index (χ4n) is 4.15. The number of rotatable bonds is 7. The number of hydrogen-bond acceptors (Lipinski definition) is 4. The maximum atomic E-state index is 13.6. The van der Waals surface area contributed by atoms with Crippen LogP contribution in [0.3, 0.4) is 0 Å². The Bertz CT molecular complexity index is 1160. The quantitative estimate of drug-likeness (QED) is 0.520. The van der Waals surface area contributed by atoms with Gasteiger partial charge in [-0.05, 0) is 50.6 Å². The minimum absolute atomic E-state index is 0.129. The highest BCUT2D eigenvalue weighted by molar-refractivity contribution is 8.00. The van der Waals surface area contributed by atoms with Crippen LogP contribution in [0, 0.1) is 5.82 Å². The van der Waals surface area contributed by atoms with Crippen molar-refractivity contribution < 1.29 is 18.7 Å². The highest BCUT2D eigenvalue weighted by Gasteiger charge is 2.39. The Morgan fingerprint density at radius 1 is 1.21 bits per heavy atom. The average Bonchev–Trinajstić information content (AvgIpc) is 2.97. The molecule has 0 bridgehead atoms. The lowest BCUT2D eigenvalue weighted by atomic mass is 10.0. The van der Waals surface area contributed by atoms with Crippen LogP contribution in [0.15, 0.2) is 53.6 Å². The molecule has 1 aliphatic rings. The Balaban J connectivity index is 1.76. The fourth-order valence-corrected chi connectivity index (χ4v) is 5.22. The summed E-state index contributed by atoms with van der Waals surface area (Å²) in [6, 6.07) is 12.7. The van der Waals surface area contributed by atoms with Crippen LogP contribution in [0.4, 0.5) is 10.1 Å². The first-order valence-corrected chi connectivity index (χ1v) is 12.0. The van der Waals surface area contributed by atoms with E-state index < -0.39 is 11.9 Å². The van der Waals surface area contributed by atoms with Crippen LogP contribution < -0.4 is 10.2 Å². The molecule has 3 aromatic rings. The number of benzene rings is 2. The van der Waals surface area contributed by atoms with Crippen molar-refractivity contribution in [3.63, 3.8) is 0 Å². The molecule has 174 valence electrons. The molecule has 4 rings (SSSR count). The van der Waals surface area contributed by atoms with E-state index in [1.807, 2.05) is 49.7 Å². The molecule has 1 aromatic heterocycles. The SMILES string of the molecule is CC(C)OCCCNC(=O)[C@H]1c2c(n(C)c3ccccc23)SCC(=O)N1c1ccc(F)cc1. The molecule has 1 N–H and O–H groups in total. The molecule has 2 aromatic carbocycles. The molecule has 1 aliphatic heterocycles. The number of aryl methyl sites for hydroxylation is 1. The zero-order valence-electron chi connectivity index (χ0n) is 19.0. The molecule has 0 spiro atoms. The van der Waals surface area contributed by atoms with Gasteiger partial charge in [-0.25, -0.2) is 4.39 Å². The first-order chi connectivity index (χ1) is 15.9. The van der Waals surface area contributed by atoms with Crippen molar-refractivity contribution >= 4 is 40.2 Å². The highest BCUT2D eigenvalue weighted by atomic mass is 32.2. The van der Waals surface area contributed by atoms with E-state index in [2.05, 4.69) is 5.32 Å². The number of nitrogens with zero attached hydrogens (tertiary/aromatic N) is 2. The summed E-state index contributed by atoms with van der Waals surface area (Å²) in [5.74, 6) is -0.680. The Labute approximate surface area is 197 Å². The number of thioether (sulfide) groups is 1. The molecule has 2 amide bonds. The lowest BCUT2D eigenvalue weighted by molar-refractivity contribution is -0.125. The number of nitrogens with one attached hydrogen (secondary N) is 1. The van der Waals surface area contributed by atoms with E-state index in [-0.39, 0.29) is 23.7 Å². The number of para-hydroxylation sites is 1. The third kappa shape index (κ3) is 4.77. The lowest BCUT2D eigenvalue weighted by Gasteiger charge is -2.30. The van der Waals surface area contributed by atoms with Crippen molar-refractivity contribution in [1.82, 2.24) is 9.88 Å². The summed E-state index contributed by atoms with van der Waals surface area (Å²) in [5, 5.41) is 4.81. The molecule has 1 atom stereocenters. The first kappa shape index (κ1) is 23.3. The van der Waals surface area contributed by atoms with E-state index in [0.717, 1.165) is 21.5 Å². The minimum atomic E-state index is -0.870. The van der Waals surface area contributed by atoms with Crippen LogP contribution in [0.1, 0.15) is 31.9 Å². The molecule has 0 aliphatic carbocycles.